The first kappa shape index (κ1) is 30.0. The zero-order valence-corrected chi connectivity index (χ0v) is 26.4. The molecule has 11 nitrogen and oxygen atoms in total. The predicted octanol–water partition coefficient (Wildman–Crippen LogP) is 5.55. The number of hydrogen-bond donors (Lipinski definition) is 3. The van der Waals surface area contributed by atoms with E-state index in [2.05, 4.69) is 25.2 Å². The number of morpholine rings is 1. The lowest BCUT2D eigenvalue weighted by Gasteiger charge is -2.26. The van der Waals surface area contributed by atoms with Crippen molar-refractivity contribution in [2.24, 2.45) is 7.05 Å². The first-order valence-corrected chi connectivity index (χ1v) is 15.9. The van der Waals surface area contributed by atoms with E-state index in [1.54, 1.807) is 36.1 Å². The number of carbonyl (C=O) groups is 3. The van der Waals surface area contributed by atoms with Crippen molar-refractivity contribution >= 4 is 78.7 Å². The monoisotopic (exact) mass is 651 g/mol. The standard InChI is InChI=1S/C30H30ClN7O4S2/c1-18-13-25(44-35-18)34-29(40)23-15-20(17-38(23)8-7-37-9-11-42-12-10-37)32-28(39)22-14-19(16-36(22)2)33-30(41)27-26(31)21-5-3-4-6-24(21)43-27/h3-6,13-17H,7-12H2,1-2H3,(H,32,39)(H,33,41)(H,34,40). The summed E-state index contributed by atoms with van der Waals surface area (Å²) in [5.41, 5.74) is 2.51. The van der Waals surface area contributed by atoms with Crippen LogP contribution in [0.5, 0.6) is 0 Å². The fourth-order valence-electron chi connectivity index (χ4n) is 5.03. The third-order valence-electron chi connectivity index (χ3n) is 7.25. The number of amides is 3. The van der Waals surface area contributed by atoms with Gasteiger partial charge >= 0.3 is 0 Å². The summed E-state index contributed by atoms with van der Waals surface area (Å²) in [5, 5.41) is 10.5. The van der Waals surface area contributed by atoms with E-state index in [4.69, 9.17) is 16.3 Å². The van der Waals surface area contributed by atoms with E-state index in [-0.39, 0.29) is 17.7 Å². The summed E-state index contributed by atoms with van der Waals surface area (Å²) in [5.74, 6) is -1.03. The third-order valence-corrected chi connectivity index (χ3v) is 9.72. The van der Waals surface area contributed by atoms with Crippen LogP contribution in [0.15, 0.2) is 54.9 Å². The van der Waals surface area contributed by atoms with Crippen LogP contribution in [0.3, 0.4) is 0 Å². The largest absolute Gasteiger partial charge is 0.379 e. The molecule has 6 rings (SSSR count). The van der Waals surface area contributed by atoms with Gasteiger partial charge in [-0.05, 0) is 42.7 Å². The number of nitrogens with zero attached hydrogens (tertiary/aromatic N) is 4. The summed E-state index contributed by atoms with van der Waals surface area (Å²) in [4.78, 5) is 42.4. The van der Waals surface area contributed by atoms with Gasteiger partial charge in [0.15, 0.2) is 0 Å². The van der Waals surface area contributed by atoms with Crippen LogP contribution in [0.4, 0.5) is 16.4 Å². The average Bonchev–Trinajstić information content (AvgIpc) is 3.78. The highest BCUT2D eigenvalue weighted by Crippen LogP contribution is 2.35. The van der Waals surface area contributed by atoms with Crippen molar-refractivity contribution in [3.05, 3.63) is 81.8 Å². The first-order valence-electron chi connectivity index (χ1n) is 14.0. The van der Waals surface area contributed by atoms with Crippen molar-refractivity contribution in [1.82, 2.24) is 18.4 Å². The normalized spacial score (nSPS) is 13.7. The summed E-state index contributed by atoms with van der Waals surface area (Å²) in [6.45, 7) is 6.17. The number of anilines is 3. The summed E-state index contributed by atoms with van der Waals surface area (Å²) >= 11 is 9.01. The lowest BCUT2D eigenvalue weighted by Crippen LogP contribution is -2.38. The van der Waals surface area contributed by atoms with Crippen LogP contribution in [0, 0.1) is 6.92 Å². The number of ether oxygens (including phenoxy) is 1. The Kier molecular flexibility index (Phi) is 8.82. The molecule has 3 N–H and O–H groups in total. The highest BCUT2D eigenvalue weighted by atomic mass is 35.5. The number of halogens is 1. The number of fused-ring (bicyclic) bond motifs is 1. The molecule has 228 valence electrons. The maximum Gasteiger partial charge on any atom is 0.273 e. The summed E-state index contributed by atoms with van der Waals surface area (Å²) in [6, 6.07) is 12.6. The molecule has 0 unspecified atom stereocenters. The van der Waals surface area contributed by atoms with Gasteiger partial charge in [0.25, 0.3) is 17.7 Å². The lowest BCUT2D eigenvalue weighted by atomic mass is 10.2. The van der Waals surface area contributed by atoms with Gasteiger partial charge in [0.2, 0.25) is 0 Å². The smallest absolute Gasteiger partial charge is 0.273 e. The van der Waals surface area contributed by atoms with Crippen molar-refractivity contribution in [1.29, 1.82) is 0 Å². The molecular weight excluding hydrogens is 622 g/mol. The first-order chi connectivity index (χ1) is 21.2. The Morgan fingerprint density at radius 3 is 2.39 bits per heavy atom. The van der Waals surface area contributed by atoms with Crippen molar-refractivity contribution in [3.8, 4) is 0 Å². The second-order valence-electron chi connectivity index (χ2n) is 10.4. The number of carbonyl (C=O) groups excluding carboxylic acids is 3. The molecule has 0 aliphatic carbocycles. The molecule has 4 aromatic heterocycles. The second-order valence-corrected chi connectivity index (χ2v) is 12.7. The Labute approximate surface area is 266 Å². The van der Waals surface area contributed by atoms with Gasteiger partial charge in [-0.15, -0.1) is 11.3 Å². The van der Waals surface area contributed by atoms with Gasteiger partial charge in [-0.1, -0.05) is 29.8 Å². The fourth-order valence-corrected chi connectivity index (χ4v) is 7.10. The van der Waals surface area contributed by atoms with E-state index in [0.717, 1.165) is 35.4 Å². The van der Waals surface area contributed by atoms with Gasteiger partial charge < -0.3 is 29.8 Å². The van der Waals surface area contributed by atoms with Crippen LogP contribution in [0.1, 0.15) is 36.3 Å². The molecule has 1 aliphatic heterocycles. The maximum absolute atomic E-state index is 13.4. The Bertz CT molecular complexity index is 1850. The number of aromatic nitrogens is 3. The molecule has 0 radical (unpaired) electrons. The number of aryl methyl sites for hydroxylation is 2. The van der Waals surface area contributed by atoms with Crippen molar-refractivity contribution in [3.63, 3.8) is 0 Å². The summed E-state index contributed by atoms with van der Waals surface area (Å²) < 4.78 is 14.1. The zero-order valence-electron chi connectivity index (χ0n) is 24.1. The number of benzene rings is 1. The molecule has 3 amide bonds. The van der Waals surface area contributed by atoms with Crippen LogP contribution in [-0.2, 0) is 18.3 Å². The maximum atomic E-state index is 13.4. The molecule has 1 fully saturated rings. The van der Waals surface area contributed by atoms with Crippen LogP contribution < -0.4 is 16.0 Å². The van der Waals surface area contributed by atoms with Crippen LogP contribution >= 0.6 is 34.5 Å². The molecule has 1 aliphatic rings. The molecule has 1 saturated heterocycles. The minimum Gasteiger partial charge on any atom is -0.379 e. The van der Waals surface area contributed by atoms with Gasteiger partial charge in [0.05, 0.1) is 35.3 Å². The highest BCUT2D eigenvalue weighted by Gasteiger charge is 2.21. The SMILES string of the molecule is Cc1cc(NC(=O)c2cc(NC(=O)c3cc(NC(=O)c4sc5ccccc5c4Cl)cn3C)cn2CCN2CCOCC2)sn1. The topological polar surface area (TPSA) is 123 Å². The average molecular weight is 652 g/mol. The third kappa shape index (κ3) is 6.56. The number of nitrogens with one attached hydrogen (secondary N) is 3. The Hall–Kier alpha value is -4.01. The van der Waals surface area contributed by atoms with Gasteiger partial charge in [0, 0.05) is 55.7 Å². The molecule has 5 aromatic rings. The Balaban J connectivity index is 1.17. The van der Waals surface area contributed by atoms with E-state index >= 15 is 0 Å². The van der Waals surface area contributed by atoms with Crippen molar-refractivity contribution in [2.45, 2.75) is 13.5 Å². The molecule has 5 heterocycles. The minimum absolute atomic E-state index is 0.292. The van der Waals surface area contributed by atoms with E-state index in [1.807, 2.05) is 41.8 Å². The Morgan fingerprint density at radius 2 is 1.64 bits per heavy atom. The van der Waals surface area contributed by atoms with E-state index in [9.17, 15) is 14.4 Å². The summed E-state index contributed by atoms with van der Waals surface area (Å²) in [7, 11) is 1.72. The molecule has 1 aromatic carbocycles. The number of hydrogen-bond acceptors (Lipinski definition) is 8. The van der Waals surface area contributed by atoms with Crippen molar-refractivity contribution in [2.75, 3.05) is 48.8 Å². The van der Waals surface area contributed by atoms with Crippen LogP contribution in [-0.4, -0.2) is 69.0 Å². The minimum atomic E-state index is -0.386. The second kappa shape index (κ2) is 12.9. The molecular formula is C30H30ClN7O4S2. The van der Waals surface area contributed by atoms with Gasteiger partial charge in [-0.3, -0.25) is 19.3 Å². The fraction of sp³-hybridized carbons (Fsp3) is 0.267. The zero-order chi connectivity index (χ0) is 30.8. The van der Waals surface area contributed by atoms with Crippen LogP contribution in [0.2, 0.25) is 5.02 Å². The molecule has 14 heteroatoms. The quantitative estimate of drug-likeness (QED) is 0.192. The lowest BCUT2D eigenvalue weighted by molar-refractivity contribution is 0.0363. The Morgan fingerprint density at radius 1 is 0.932 bits per heavy atom. The molecule has 0 spiro atoms. The van der Waals surface area contributed by atoms with Gasteiger partial charge in [-0.2, -0.15) is 4.37 Å². The van der Waals surface area contributed by atoms with Gasteiger partial charge in [0.1, 0.15) is 21.3 Å². The molecule has 0 saturated carbocycles. The molecule has 0 atom stereocenters. The molecule has 0 bridgehead atoms. The number of thiophene rings is 1. The summed E-state index contributed by atoms with van der Waals surface area (Å²) in [6.07, 6.45) is 3.43. The van der Waals surface area contributed by atoms with Gasteiger partial charge in [-0.25, -0.2) is 0 Å². The van der Waals surface area contributed by atoms with Crippen LogP contribution in [0.25, 0.3) is 10.1 Å². The van der Waals surface area contributed by atoms with E-state index < -0.39 is 0 Å². The number of rotatable bonds is 9. The van der Waals surface area contributed by atoms with E-state index in [0.29, 0.717) is 57.4 Å². The molecule has 44 heavy (non-hydrogen) atoms. The predicted molar refractivity (Wildman–Crippen MR) is 175 cm³/mol. The van der Waals surface area contributed by atoms with Crippen molar-refractivity contribution < 1.29 is 19.1 Å². The van der Waals surface area contributed by atoms with E-state index in [1.165, 1.54) is 22.9 Å². The highest BCUT2D eigenvalue weighted by molar-refractivity contribution is 7.21.